The van der Waals surface area contributed by atoms with E-state index in [4.69, 9.17) is 0 Å². The Bertz CT molecular complexity index is 1480. The first-order valence-corrected chi connectivity index (χ1v) is 16.5. The van der Waals surface area contributed by atoms with Gasteiger partial charge in [0.05, 0.1) is 5.92 Å². The Morgan fingerprint density at radius 2 is 1.37 bits per heavy atom. The zero-order valence-corrected chi connectivity index (χ0v) is 26.1. The second-order valence-corrected chi connectivity index (χ2v) is 13.0. The van der Waals surface area contributed by atoms with Gasteiger partial charge in [-0.05, 0) is 97.9 Å². The molecular formula is C38H41F7O. The van der Waals surface area contributed by atoms with Gasteiger partial charge in [0.1, 0.15) is 17.4 Å². The van der Waals surface area contributed by atoms with Crippen molar-refractivity contribution in [2.45, 2.75) is 102 Å². The lowest BCUT2D eigenvalue weighted by atomic mass is 9.77. The lowest BCUT2D eigenvalue weighted by Crippen LogP contribution is -2.37. The van der Waals surface area contributed by atoms with Crippen LogP contribution in [0.5, 0.6) is 5.75 Å². The third-order valence-corrected chi connectivity index (χ3v) is 9.89. The van der Waals surface area contributed by atoms with Crippen molar-refractivity contribution >= 4 is 12.2 Å². The van der Waals surface area contributed by atoms with Crippen LogP contribution in [0.15, 0.2) is 48.5 Å². The highest BCUT2D eigenvalue weighted by Gasteiger charge is 2.44. The van der Waals surface area contributed by atoms with Crippen molar-refractivity contribution in [3.05, 3.63) is 99.9 Å². The summed E-state index contributed by atoms with van der Waals surface area (Å²) in [6, 6.07) is 10.9. The van der Waals surface area contributed by atoms with E-state index in [1.165, 1.54) is 44.6 Å². The summed E-state index contributed by atoms with van der Waals surface area (Å²) in [7, 11) is 0. The molecule has 5 rings (SSSR count). The van der Waals surface area contributed by atoms with Crippen molar-refractivity contribution in [3.8, 4) is 5.75 Å². The molecule has 248 valence electrons. The molecule has 2 aliphatic carbocycles. The number of halogens is 7. The maximum atomic E-state index is 15.2. The Hall–Kier alpha value is -3.29. The minimum absolute atomic E-state index is 0.000584. The van der Waals surface area contributed by atoms with Crippen molar-refractivity contribution in [2.75, 3.05) is 0 Å². The quantitative estimate of drug-likeness (QED) is 0.0872. The van der Waals surface area contributed by atoms with Crippen LogP contribution < -0.4 is 4.74 Å². The third-order valence-electron chi connectivity index (χ3n) is 9.89. The molecular weight excluding hydrogens is 605 g/mol. The molecule has 0 aliphatic heterocycles. The van der Waals surface area contributed by atoms with Crippen LogP contribution in [-0.2, 0) is 0 Å². The first-order valence-electron chi connectivity index (χ1n) is 16.5. The van der Waals surface area contributed by atoms with E-state index in [1.54, 1.807) is 36.4 Å². The Kier molecular flexibility index (Phi) is 11.2. The fourth-order valence-corrected chi connectivity index (χ4v) is 7.14. The van der Waals surface area contributed by atoms with Crippen molar-refractivity contribution in [1.29, 1.82) is 0 Å². The highest BCUT2D eigenvalue weighted by Crippen LogP contribution is 2.44. The highest BCUT2D eigenvalue weighted by molar-refractivity contribution is 5.70. The van der Waals surface area contributed by atoms with Crippen molar-refractivity contribution in [2.24, 2.45) is 11.8 Å². The molecule has 2 aliphatic rings. The molecule has 0 unspecified atom stereocenters. The molecule has 3 aromatic carbocycles. The third kappa shape index (κ3) is 8.34. The first kappa shape index (κ1) is 34.1. The molecule has 8 heteroatoms. The summed E-state index contributed by atoms with van der Waals surface area (Å²) >= 11 is 0. The Morgan fingerprint density at radius 3 is 2.00 bits per heavy atom. The van der Waals surface area contributed by atoms with Crippen LogP contribution in [-0.4, -0.2) is 6.11 Å². The van der Waals surface area contributed by atoms with E-state index in [-0.39, 0.29) is 37.4 Å². The van der Waals surface area contributed by atoms with E-state index in [2.05, 4.69) is 11.7 Å². The molecule has 0 heterocycles. The van der Waals surface area contributed by atoms with Crippen LogP contribution in [0.2, 0.25) is 0 Å². The standard InChI is InChI=1S/C38H41F7O/c1-2-3-4-5-24-6-10-26(11-7-24)29-14-13-28(33(39)21-29)12-8-25-9-19-32(34(40)20-25)27-15-17-30(18-16-27)38(44,45)46-31-22-35(41)37(43)36(42)23-31/h8-9,12-14,19-24,26-27,30H,2-7,10-11,15-18H2,1H3. The van der Waals surface area contributed by atoms with E-state index in [9.17, 15) is 22.0 Å². The average Bonchev–Trinajstić information content (AvgIpc) is 3.03. The number of unbranched alkanes of at least 4 members (excludes halogenated alkanes) is 2. The van der Waals surface area contributed by atoms with Crippen molar-refractivity contribution < 1.29 is 35.5 Å². The largest absolute Gasteiger partial charge is 0.432 e. The minimum Gasteiger partial charge on any atom is -0.432 e. The second kappa shape index (κ2) is 15.1. The maximum absolute atomic E-state index is 15.2. The van der Waals surface area contributed by atoms with Crippen LogP contribution >= 0.6 is 0 Å². The lowest BCUT2D eigenvalue weighted by Gasteiger charge is -2.33. The van der Waals surface area contributed by atoms with Gasteiger partial charge in [-0.15, -0.1) is 0 Å². The second-order valence-electron chi connectivity index (χ2n) is 13.0. The molecule has 0 atom stereocenters. The number of rotatable bonds is 11. The van der Waals surface area contributed by atoms with E-state index in [0.717, 1.165) is 24.3 Å². The molecule has 0 radical (unpaired) electrons. The van der Waals surface area contributed by atoms with Gasteiger partial charge < -0.3 is 4.74 Å². The van der Waals surface area contributed by atoms with E-state index < -0.39 is 41.0 Å². The van der Waals surface area contributed by atoms with Gasteiger partial charge >= 0.3 is 6.11 Å². The van der Waals surface area contributed by atoms with E-state index >= 15 is 8.78 Å². The lowest BCUT2D eigenvalue weighted by molar-refractivity contribution is -0.222. The number of hydrogen-bond donors (Lipinski definition) is 0. The molecule has 2 saturated carbocycles. The van der Waals surface area contributed by atoms with E-state index in [1.807, 2.05) is 6.07 Å². The Labute approximate surface area is 266 Å². The fraction of sp³-hybridized carbons (Fsp3) is 0.474. The predicted molar refractivity (Wildman–Crippen MR) is 167 cm³/mol. The number of benzene rings is 3. The summed E-state index contributed by atoms with van der Waals surface area (Å²) in [6.07, 6.45) is 9.77. The average molecular weight is 647 g/mol. The minimum atomic E-state index is -3.74. The monoisotopic (exact) mass is 646 g/mol. The molecule has 0 spiro atoms. The molecule has 0 amide bonds. The topological polar surface area (TPSA) is 9.23 Å². The van der Waals surface area contributed by atoms with Gasteiger partial charge in [-0.2, -0.15) is 8.78 Å². The van der Waals surface area contributed by atoms with E-state index in [0.29, 0.717) is 34.7 Å². The molecule has 0 saturated heterocycles. The zero-order chi connectivity index (χ0) is 32.8. The number of ether oxygens (including phenoxy) is 1. The van der Waals surface area contributed by atoms with Crippen LogP contribution in [0, 0.1) is 40.9 Å². The van der Waals surface area contributed by atoms with Crippen LogP contribution in [0.1, 0.15) is 118 Å². The Balaban J connectivity index is 1.14. The molecule has 3 aromatic rings. The van der Waals surface area contributed by atoms with Gasteiger partial charge in [0.15, 0.2) is 17.5 Å². The number of hydrogen-bond acceptors (Lipinski definition) is 1. The molecule has 0 bridgehead atoms. The van der Waals surface area contributed by atoms with Gasteiger partial charge in [0.2, 0.25) is 0 Å². The summed E-state index contributed by atoms with van der Waals surface area (Å²) < 4.78 is 104. The summed E-state index contributed by atoms with van der Waals surface area (Å²) in [5.74, 6) is -6.94. The molecule has 2 fully saturated rings. The summed E-state index contributed by atoms with van der Waals surface area (Å²) in [4.78, 5) is 0. The normalized spacial score (nSPS) is 22.3. The number of alkyl halides is 2. The first-order chi connectivity index (χ1) is 22.0. The van der Waals surface area contributed by atoms with Crippen molar-refractivity contribution in [3.63, 3.8) is 0 Å². The molecule has 0 N–H and O–H groups in total. The summed E-state index contributed by atoms with van der Waals surface area (Å²) in [5.41, 5.74) is 2.43. The van der Waals surface area contributed by atoms with Crippen molar-refractivity contribution in [1.82, 2.24) is 0 Å². The zero-order valence-electron chi connectivity index (χ0n) is 26.1. The summed E-state index contributed by atoms with van der Waals surface area (Å²) in [6.45, 7) is 2.22. The molecule has 1 nitrogen and oxygen atoms in total. The van der Waals surface area contributed by atoms with Gasteiger partial charge in [-0.25, -0.2) is 22.0 Å². The van der Waals surface area contributed by atoms with Gasteiger partial charge in [-0.1, -0.05) is 69.0 Å². The summed E-state index contributed by atoms with van der Waals surface area (Å²) in [5, 5.41) is 0. The van der Waals surface area contributed by atoms with Gasteiger partial charge in [-0.3, -0.25) is 0 Å². The highest BCUT2D eigenvalue weighted by atomic mass is 19.3. The SMILES string of the molecule is CCCCCC1CCC(c2ccc(C=Cc3ccc(C4CCC(C(F)(F)Oc5cc(F)c(F)c(F)c5)CC4)c(F)c3)c(F)c2)CC1. The fourth-order valence-electron chi connectivity index (χ4n) is 7.14. The van der Waals surface area contributed by atoms with Gasteiger partial charge in [0.25, 0.3) is 0 Å². The van der Waals surface area contributed by atoms with Crippen LogP contribution in [0.25, 0.3) is 12.2 Å². The predicted octanol–water partition coefficient (Wildman–Crippen LogP) is 12.4. The maximum Gasteiger partial charge on any atom is 0.400 e. The van der Waals surface area contributed by atoms with Gasteiger partial charge in [0, 0.05) is 17.7 Å². The van der Waals surface area contributed by atoms with Crippen LogP contribution in [0.4, 0.5) is 30.7 Å². The molecule has 46 heavy (non-hydrogen) atoms. The van der Waals surface area contributed by atoms with Crippen LogP contribution in [0.3, 0.4) is 0 Å². The smallest absolute Gasteiger partial charge is 0.400 e. The molecule has 0 aromatic heterocycles. The Morgan fingerprint density at radius 1 is 0.696 bits per heavy atom.